The average Bonchev–Trinajstić information content (AvgIpc) is 3.06. The van der Waals surface area contributed by atoms with Crippen molar-refractivity contribution in [1.29, 1.82) is 0 Å². The molecular weight excluding hydrogens is 300 g/mol. The summed E-state index contributed by atoms with van der Waals surface area (Å²) >= 11 is 0. The van der Waals surface area contributed by atoms with E-state index in [4.69, 9.17) is 5.10 Å². The lowest BCUT2D eigenvalue weighted by molar-refractivity contribution is 0.282. The van der Waals surface area contributed by atoms with Crippen LogP contribution in [0.1, 0.15) is 37.7 Å². The van der Waals surface area contributed by atoms with Crippen LogP contribution in [-0.4, -0.2) is 25.7 Å². The Morgan fingerprint density at radius 2 is 2.00 bits per heavy atom. The number of nitrogens with zero attached hydrogens (tertiary/aromatic N) is 3. The second-order valence-electron chi connectivity index (χ2n) is 6.47. The van der Waals surface area contributed by atoms with E-state index in [1.165, 1.54) is 32.1 Å². The predicted molar refractivity (Wildman–Crippen MR) is 94.8 cm³/mol. The molecule has 1 aliphatic rings. The molecule has 0 saturated heterocycles. The third-order valence-electron chi connectivity index (χ3n) is 4.72. The van der Waals surface area contributed by atoms with Crippen LogP contribution in [0.15, 0.2) is 42.6 Å². The van der Waals surface area contributed by atoms with E-state index in [1.54, 1.807) is 0 Å². The molecule has 0 unspecified atom stereocenters. The first-order chi connectivity index (χ1) is 11.8. The maximum atomic E-state index is 9.35. The molecule has 4 rings (SSSR count). The Morgan fingerprint density at radius 3 is 2.83 bits per heavy atom. The predicted octanol–water partition coefficient (Wildman–Crippen LogP) is 3.63. The Hall–Kier alpha value is -2.40. The van der Waals surface area contributed by atoms with Gasteiger partial charge in [-0.1, -0.05) is 37.5 Å². The summed E-state index contributed by atoms with van der Waals surface area (Å²) in [6.45, 7) is 0.0342. The third kappa shape index (κ3) is 2.99. The van der Waals surface area contributed by atoms with Crippen LogP contribution < -0.4 is 5.32 Å². The number of hydrogen-bond acceptors (Lipinski definition) is 4. The highest BCUT2D eigenvalue weighted by atomic mass is 16.3. The van der Waals surface area contributed by atoms with Crippen LogP contribution in [0.2, 0.25) is 0 Å². The Bertz CT molecular complexity index is 836. The van der Waals surface area contributed by atoms with Crippen molar-refractivity contribution in [2.24, 2.45) is 0 Å². The number of anilines is 1. The first-order valence-electron chi connectivity index (χ1n) is 8.65. The van der Waals surface area contributed by atoms with Gasteiger partial charge in [0.2, 0.25) is 0 Å². The molecule has 1 aliphatic carbocycles. The number of aliphatic hydroxyl groups is 1. The standard InChI is InChI=1S/C19H22N4O/c24-13-14-5-4-6-15(11-14)17-12-20-19-10-9-18(22-23(17)19)21-16-7-2-1-3-8-16/h4-6,9-12,16,24H,1-3,7-8,13H2,(H,21,22). The van der Waals surface area contributed by atoms with Crippen LogP contribution in [0.3, 0.4) is 0 Å². The fraction of sp³-hybridized carbons (Fsp3) is 0.368. The van der Waals surface area contributed by atoms with Crippen LogP contribution in [0, 0.1) is 0 Å². The number of aromatic nitrogens is 3. The van der Waals surface area contributed by atoms with E-state index >= 15 is 0 Å². The van der Waals surface area contributed by atoms with E-state index in [-0.39, 0.29) is 6.61 Å². The molecule has 0 radical (unpaired) electrons. The minimum Gasteiger partial charge on any atom is -0.392 e. The zero-order valence-electron chi connectivity index (χ0n) is 13.7. The van der Waals surface area contributed by atoms with Gasteiger partial charge in [0.1, 0.15) is 5.82 Å². The molecule has 1 fully saturated rings. The molecule has 124 valence electrons. The molecule has 0 atom stereocenters. The highest BCUT2D eigenvalue weighted by Crippen LogP contribution is 2.24. The van der Waals surface area contributed by atoms with Crippen molar-refractivity contribution < 1.29 is 5.11 Å². The summed E-state index contributed by atoms with van der Waals surface area (Å²) in [5.74, 6) is 0.895. The van der Waals surface area contributed by atoms with Crippen LogP contribution >= 0.6 is 0 Å². The topological polar surface area (TPSA) is 62.5 Å². The van der Waals surface area contributed by atoms with Crippen LogP contribution in [0.25, 0.3) is 16.9 Å². The molecule has 1 aromatic carbocycles. The zero-order valence-corrected chi connectivity index (χ0v) is 13.7. The van der Waals surface area contributed by atoms with E-state index in [2.05, 4.69) is 10.3 Å². The molecule has 24 heavy (non-hydrogen) atoms. The number of nitrogens with one attached hydrogen (secondary N) is 1. The van der Waals surface area contributed by atoms with Gasteiger partial charge in [-0.05, 0) is 36.6 Å². The Morgan fingerprint density at radius 1 is 1.12 bits per heavy atom. The number of benzene rings is 1. The lowest BCUT2D eigenvalue weighted by Crippen LogP contribution is -2.23. The highest BCUT2D eigenvalue weighted by Gasteiger charge is 2.14. The maximum Gasteiger partial charge on any atom is 0.154 e. The summed E-state index contributed by atoms with van der Waals surface area (Å²) in [5.41, 5.74) is 3.66. The summed E-state index contributed by atoms with van der Waals surface area (Å²) in [6.07, 6.45) is 8.21. The molecule has 0 aliphatic heterocycles. The van der Waals surface area contributed by atoms with E-state index in [0.29, 0.717) is 6.04 Å². The van der Waals surface area contributed by atoms with Gasteiger partial charge in [0.25, 0.3) is 0 Å². The van der Waals surface area contributed by atoms with Crippen molar-refractivity contribution in [2.45, 2.75) is 44.8 Å². The summed E-state index contributed by atoms with van der Waals surface area (Å²) in [4.78, 5) is 4.45. The quantitative estimate of drug-likeness (QED) is 0.770. The van der Waals surface area contributed by atoms with Gasteiger partial charge < -0.3 is 10.4 Å². The van der Waals surface area contributed by atoms with Crippen LogP contribution in [0.4, 0.5) is 5.82 Å². The van der Waals surface area contributed by atoms with E-state index < -0.39 is 0 Å². The van der Waals surface area contributed by atoms with Crippen molar-refractivity contribution in [2.75, 3.05) is 5.32 Å². The normalized spacial score (nSPS) is 15.7. The summed E-state index contributed by atoms with van der Waals surface area (Å²) in [5, 5.41) is 17.7. The van der Waals surface area contributed by atoms with Gasteiger partial charge in [0.15, 0.2) is 5.65 Å². The van der Waals surface area contributed by atoms with Gasteiger partial charge in [0.05, 0.1) is 18.5 Å². The van der Waals surface area contributed by atoms with Crippen molar-refractivity contribution in [3.8, 4) is 11.3 Å². The number of hydrogen-bond donors (Lipinski definition) is 2. The van der Waals surface area contributed by atoms with E-state index in [0.717, 1.165) is 28.3 Å². The number of fused-ring (bicyclic) bond motifs is 1. The van der Waals surface area contributed by atoms with E-state index in [9.17, 15) is 5.11 Å². The Labute approximate surface area is 141 Å². The first kappa shape index (κ1) is 15.1. The van der Waals surface area contributed by atoms with Crippen LogP contribution in [-0.2, 0) is 6.61 Å². The van der Waals surface area contributed by atoms with Gasteiger partial charge in [0, 0.05) is 11.6 Å². The van der Waals surface area contributed by atoms with Crippen molar-refractivity contribution in [3.63, 3.8) is 0 Å². The largest absolute Gasteiger partial charge is 0.392 e. The monoisotopic (exact) mass is 322 g/mol. The fourth-order valence-electron chi connectivity index (χ4n) is 3.43. The van der Waals surface area contributed by atoms with Gasteiger partial charge in [-0.15, -0.1) is 5.10 Å². The zero-order chi connectivity index (χ0) is 16.4. The molecule has 0 bridgehead atoms. The molecule has 5 nitrogen and oxygen atoms in total. The number of rotatable bonds is 4. The summed E-state index contributed by atoms with van der Waals surface area (Å²) < 4.78 is 1.88. The second-order valence-corrected chi connectivity index (χ2v) is 6.47. The smallest absolute Gasteiger partial charge is 0.154 e. The van der Waals surface area contributed by atoms with E-state index in [1.807, 2.05) is 47.1 Å². The first-order valence-corrected chi connectivity index (χ1v) is 8.65. The molecule has 2 N–H and O–H groups in total. The lowest BCUT2D eigenvalue weighted by atomic mass is 9.95. The van der Waals surface area contributed by atoms with Gasteiger partial charge in [-0.25, -0.2) is 9.50 Å². The molecule has 0 spiro atoms. The Kier molecular flexibility index (Phi) is 4.17. The SMILES string of the molecule is OCc1cccc(-c2cnc3ccc(NC4CCCCC4)nn23)c1. The molecule has 2 aromatic heterocycles. The fourth-order valence-corrected chi connectivity index (χ4v) is 3.43. The van der Waals surface area contributed by atoms with Crippen molar-refractivity contribution >= 4 is 11.5 Å². The van der Waals surface area contributed by atoms with Gasteiger partial charge in [-0.2, -0.15) is 0 Å². The minimum absolute atomic E-state index is 0.0342. The van der Waals surface area contributed by atoms with Crippen LogP contribution in [0.5, 0.6) is 0 Å². The maximum absolute atomic E-state index is 9.35. The second kappa shape index (κ2) is 6.61. The van der Waals surface area contributed by atoms with Crippen molar-refractivity contribution in [1.82, 2.24) is 14.6 Å². The number of imidazole rings is 1. The third-order valence-corrected chi connectivity index (χ3v) is 4.72. The average molecular weight is 322 g/mol. The lowest BCUT2D eigenvalue weighted by Gasteiger charge is -2.23. The van der Waals surface area contributed by atoms with Gasteiger partial charge >= 0.3 is 0 Å². The Balaban J connectivity index is 1.67. The molecule has 1 saturated carbocycles. The molecule has 0 amide bonds. The molecule has 5 heteroatoms. The number of aliphatic hydroxyl groups excluding tert-OH is 1. The molecule has 2 heterocycles. The van der Waals surface area contributed by atoms with Gasteiger partial charge in [-0.3, -0.25) is 0 Å². The van der Waals surface area contributed by atoms with Crippen molar-refractivity contribution in [3.05, 3.63) is 48.2 Å². The minimum atomic E-state index is 0.0342. The molecular formula is C19H22N4O. The molecule has 3 aromatic rings. The summed E-state index contributed by atoms with van der Waals surface area (Å²) in [6, 6.07) is 12.4. The highest BCUT2D eigenvalue weighted by molar-refractivity contribution is 5.64. The summed E-state index contributed by atoms with van der Waals surface area (Å²) in [7, 11) is 0.